The first kappa shape index (κ1) is 36.8. The Morgan fingerprint density at radius 2 is 1.56 bits per heavy atom. The number of hydrogen-bond donors (Lipinski definition) is 0. The van der Waals surface area contributed by atoms with Gasteiger partial charge in [-0.1, -0.05) is 90.8 Å². The van der Waals surface area contributed by atoms with E-state index in [0.29, 0.717) is 30.6 Å². The largest absolute Gasteiger partial charge is 0.465 e. The van der Waals surface area contributed by atoms with Crippen molar-refractivity contribution in [1.29, 1.82) is 5.26 Å². The molecule has 3 unspecified atom stereocenters. The highest BCUT2D eigenvalue weighted by Gasteiger charge is 2.52. The Bertz CT molecular complexity index is 1390. The molecule has 0 saturated heterocycles. The molecule has 1 heterocycles. The van der Waals surface area contributed by atoms with Crippen LogP contribution >= 0.6 is 7.37 Å². The van der Waals surface area contributed by atoms with E-state index in [4.69, 9.17) is 14.1 Å². The summed E-state index contributed by atoms with van der Waals surface area (Å²) in [5, 5.41) is 12.7. The lowest BCUT2D eigenvalue weighted by atomic mass is 9.60. The molecule has 0 N–H and O–H groups in total. The van der Waals surface area contributed by atoms with Crippen LogP contribution in [0.3, 0.4) is 0 Å². The maximum absolute atomic E-state index is 15.4. The van der Waals surface area contributed by atoms with Crippen molar-refractivity contribution in [3.05, 3.63) is 48.5 Å². The number of hydrogen-bond acceptors (Lipinski definition) is 7. The predicted molar refractivity (Wildman–Crippen MR) is 182 cm³/mol. The zero-order valence-electron chi connectivity index (χ0n) is 29.2. The molecule has 2 aromatic carbocycles. The quantitative estimate of drug-likeness (QED) is 0.0783. The minimum absolute atomic E-state index is 0.0921. The smallest absolute Gasteiger partial charge is 0.309 e. The van der Waals surface area contributed by atoms with Crippen molar-refractivity contribution >= 4 is 18.6 Å². The number of unbranched alkanes of at least 4 members (excludes halogenated alkanes) is 2. The lowest BCUT2D eigenvalue weighted by Crippen LogP contribution is -2.50. The molecule has 3 atom stereocenters. The van der Waals surface area contributed by atoms with Gasteiger partial charge in [0.15, 0.2) is 0 Å². The van der Waals surface area contributed by atoms with Gasteiger partial charge < -0.3 is 9.26 Å². The van der Waals surface area contributed by atoms with E-state index in [1.165, 1.54) is 0 Å². The number of nitrogens with zero attached hydrogens (tertiary/aromatic N) is 2. The van der Waals surface area contributed by atoms with Gasteiger partial charge in [0.2, 0.25) is 0 Å². The molecule has 1 aliphatic heterocycles. The molecule has 3 rings (SSSR count). The summed E-state index contributed by atoms with van der Waals surface area (Å²) in [5.74, 6) is -1.00. The lowest BCUT2D eigenvalue weighted by Gasteiger charge is -2.46. The van der Waals surface area contributed by atoms with Crippen LogP contribution in [0.2, 0.25) is 0 Å². The van der Waals surface area contributed by atoms with Crippen molar-refractivity contribution in [3.8, 4) is 22.9 Å². The fourth-order valence-electron chi connectivity index (χ4n) is 6.05. The first-order valence-corrected chi connectivity index (χ1v) is 18.3. The molecule has 0 aromatic heterocycles. The molecule has 0 aliphatic carbocycles. The number of benzene rings is 2. The molecule has 0 spiro atoms. The third kappa shape index (κ3) is 8.02. The molecule has 1 aliphatic rings. The number of esters is 1. The van der Waals surface area contributed by atoms with Crippen molar-refractivity contribution in [3.63, 3.8) is 0 Å². The third-order valence-corrected chi connectivity index (χ3v) is 12.6. The van der Waals surface area contributed by atoms with Crippen molar-refractivity contribution in [2.24, 2.45) is 22.7 Å². The van der Waals surface area contributed by atoms with Crippen LogP contribution in [0.15, 0.2) is 48.5 Å². The molecule has 248 valence electrons. The Labute approximate surface area is 272 Å². The van der Waals surface area contributed by atoms with E-state index in [-0.39, 0.29) is 11.9 Å². The van der Waals surface area contributed by atoms with E-state index < -0.39 is 35.5 Å². The summed E-state index contributed by atoms with van der Waals surface area (Å²) >= 11 is 0. The summed E-state index contributed by atoms with van der Waals surface area (Å²) in [6.45, 7) is 20.8. The Kier molecular flexibility index (Phi) is 12.1. The van der Waals surface area contributed by atoms with Gasteiger partial charge in [0.25, 0.3) is 7.37 Å². The van der Waals surface area contributed by atoms with Crippen LogP contribution in [0.25, 0.3) is 11.1 Å². The number of fused-ring (bicyclic) bond motifs is 3. The van der Waals surface area contributed by atoms with Gasteiger partial charge in [-0.15, -0.1) is 0 Å². The van der Waals surface area contributed by atoms with Gasteiger partial charge in [-0.25, -0.2) is 0 Å². The van der Waals surface area contributed by atoms with Gasteiger partial charge in [-0.2, -0.15) is 10.3 Å². The second-order valence-corrected chi connectivity index (χ2v) is 16.8. The van der Waals surface area contributed by atoms with E-state index in [9.17, 15) is 10.1 Å². The summed E-state index contributed by atoms with van der Waals surface area (Å²) < 4.78 is 27.7. The second kappa shape index (κ2) is 14.8. The number of carbonyl (C=O) groups excluding carboxylic acids is 1. The summed E-state index contributed by atoms with van der Waals surface area (Å²) in [5.41, 5.74) is -0.560. The highest BCUT2D eigenvalue weighted by Crippen LogP contribution is 2.60. The molecule has 0 saturated carbocycles. The van der Waals surface area contributed by atoms with Crippen LogP contribution in [0.5, 0.6) is 5.75 Å². The van der Waals surface area contributed by atoms with Crippen molar-refractivity contribution < 1.29 is 23.5 Å². The lowest BCUT2D eigenvalue weighted by molar-refractivity contribution is -0.257. The number of ether oxygens (including phenoxy) is 1. The van der Waals surface area contributed by atoms with Crippen molar-refractivity contribution in [2.45, 2.75) is 113 Å². The van der Waals surface area contributed by atoms with Gasteiger partial charge >= 0.3 is 5.97 Å². The molecule has 0 bridgehead atoms. The maximum atomic E-state index is 15.4. The van der Waals surface area contributed by atoms with Crippen molar-refractivity contribution in [1.82, 2.24) is 5.06 Å². The molecule has 0 amide bonds. The van der Waals surface area contributed by atoms with Crippen LogP contribution in [0.1, 0.15) is 101 Å². The number of nitriles is 1. The average Bonchev–Trinajstić information content (AvgIpc) is 2.98. The van der Waals surface area contributed by atoms with E-state index in [1.54, 1.807) is 0 Å². The highest BCUT2D eigenvalue weighted by molar-refractivity contribution is 7.68. The minimum atomic E-state index is -3.55. The zero-order valence-corrected chi connectivity index (χ0v) is 30.1. The minimum Gasteiger partial charge on any atom is -0.465 e. The average molecular weight is 639 g/mol. The van der Waals surface area contributed by atoms with Gasteiger partial charge in [0, 0.05) is 12.1 Å². The van der Waals surface area contributed by atoms with E-state index in [2.05, 4.69) is 33.8 Å². The fraction of sp³-hybridized carbons (Fsp3) is 0.622. The van der Waals surface area contributed by atoms with Crippen LogP contribution in [-0.2, 0) is 18.9 Å². The standard InChI is InChI=1S/C37H55N2O5P/c1-11-13-23-39(44-36(7,8)25-30(34(40)42-24-14-12-2)37(9,10)35(5,6)26-38)33(27(3)4)45(41)32-22-18-16-20-29(32)28-19-15-17-21-31(28)43-45/h15-22,27,30,33H,11-14,23-25H2,1-10H3. The highest BCUT2D eigenvalue weighted by atomic mass is 31.2. The normalized spacial score (nSPS) is 18.0. The van der Waals surface area contributed by atoms with Crippen LogP contribution in [-0.4, -0.2) is 35.6 Å². The molecule has 45 heavy (non-hydrogen) atoms. The second-order valence-electron chi connectivity index (χ2n) is 14.4. The zero-order chi connectivity index (χ0) is 33.6. The Morgan fingerprint density at radius 3 is 2.16 bits per heavy atom. The van der Waals surface area contributed by atoms with Gasteiger partial charge in [-0.3, -0.25) is 14.2 Å². The summed E-state index contributed by atoms with van der Waals surface area (Å²) in [7, 11) is -3.55. The predicted octanol–water partition coefficient (Wildman–Crippen LogP) is 9.37. The number of rotatable bonds is 16. The summed E-state index contributed by atoms with van der Waals surface area (Å²) in [4.78, 5) is 20.6. The first-order chi connectivity index (χ1) is 21.1. The summed E-state index contributed by atoms with van der Waals surface area (Å²) in [6, 6.07) is 18.0. The van der Waals surface area contributed by atoms with Crippen molar-refractivity contribution in [2.75, 3.05) is 13.2 Å². The maximum Gasteiger partial charge on any atom is 0.309 e. The van der Waals surface area contributed by atoms with E-state index in [0.717, 1.165) is 36.8 Å². The summed E-state index contributed by atoms with van der Waals surface area (Å²) in [6.07, 6.45) is 3.76. The monoisotopic (exact) mass is 638 g/mol. The third-order valence-electron chi connectivity index (χ3n) is 9.47. The number of hydroxylamine groups is 2. The Hall–Kier alpha value is -2.65. The van der Waals surface area contributed by atoms with Gasteiger partial charge in [-0.05, 0) is 76.0 Å². The molecule has 0 fully saturated rings. The van der Waals surface area contributed by atoms with Gasteiger partial charge in [0.1, 0.15) is 11.5 Å². The number of carbonyl (C=O) groups is 1. The molecular weight excluding hydrogens is 583 g/mol. The van der Waals surface area contributed by atoms with Crippen LogP contribution < -0.4 is 9.83 Å². The Balaban J connectivity index is 2.06. The van der Waals surface area contributed by atoms with E-state index in [1.807, 2.05) is 95.1 Å². The SMILES string of the molecule is CCCCOC(=O)C(CC(C)(C)ON(CCCC)C(C(C)C)P1(=O)Oc2ccccc2-c2ccccc21)C(C)(C)C(C)(C)C#N. The number of para-hydroxylation sites is 1. The molecule has 0 radical (unpaired) electrons. The Morgan fingerprint density at radius 1 is 0.956 bits per heavy atom. The van der Waals surface area contributed by atoms with Crippen LogP contribution in [0.4, 0.5) is 0 Å². The van der Waals surface area contributed by atoms with Crippen LogP contribution in [0, 0.1) is 34.0 Å². The van der Waals surface area contributed by atoms with Gasteiger partial charge in [0.05, 0.1) is 34.9 Å². The molecule has 2 aromatic rings. The molecule has 7 nitrogen and oxygen atoms in total. The molecule has 8 heteroatoms. The first-order valence-electron chi connectivity index (χ1n) is 16.6. The topological polar surface area (TPSA) is 88.9 Å². The fourth-order valence-corrected chi connectivity index (χ4v) is 9.11. The molecular formula is C37H55N2O5P. The van der Waals surface area contributed by atoms with E-state index >= 15 is 4.57 Å².